The Morgan fingerprint density at radius 3 is 2.85 bits per heavy atom. The molecule has 8 heteroatoms. The largest absolute Gasteiger partial charge is 0.300 e. The number of nitrogens with one attached hydrogen (secondary N) is 1. The fraction of sp³-hybridized carbons (Fsp3) is 0.167. The lowest BCUT2D eigenvalue weighted by Gasteiger charge is -1.98. The molecular weight excluding hydrogens is 316 g/mol. The quantitative estimate of drug-likeness (QED) is 0.674. The summed E-state index contributed by atoms with van der Waals surface area (Å²) in [4.78, 5) is 11.2. The van der Waals surface area contributed by atoms with Gasteiger partial charge in [0.15, 0.2) is 4.34 Å². The molecule has 5 nitrogen and oxygen atoms in total. The Hall–Kier alpha value is -1.62. The Labute approximate surface area is 129 Å². The van der Waals surface area contributed by atoms with Crippen molar-refractivity contribution in [2.75, 3.05) is 5.32 Å². The van der Waals surface area contributed by atoms with Gasteiger partial charge >= 0.3 is 0 Å². The van der Waals surface area contributed by atoms with E-state index in [9.17, 15) is 4.79 Å². The molecule has 0 fully saturated rings. The van der Waals surface area contributed by atoms with Crippen LogP contribution in [0.4, 0.5) is 5.13 Å². The number of amides is 1. The van der Waals surface area contributed by atoms with Crippen molar-refractivity contribution in [2.45, 2.75) is 16.5 Å². The van der Waals surface area contributed by atoms with Gasteiger partial charge in [0.05, 0.1) is 6.07 Å². The van der Waals surface area contributed by atoms with E-state index in [1.165, 1.54) is 23.1 Å². The minimum absolute atomic E-state index is 0.188. The monoisotopic (exact) mass is 324 g/mol. The summed E-state index contributed by atoms with van der Waals surface area (Å²) in [5.74, 6) is 0.371. The molecule has 1 amide bonds. The van der Waals surface area contributed by atoms with Crippen LogP contribution in [0.2, 0.25) is 5.02 Å². The van der Waals surface area contributed by atoms with Gasteiger partial charge in [-0.3, -0.25) is 10.1 Å². The van der Waals surface area contributed by atoms with E-state index < -0.39 is 0 Å². The number of halogens is 1. The zero-order valence-electron chi connectivity index (χ0n) is 10.2. The molecule has 0 aliphatic carbocycles. The van der Waals surface area contributed by atoms with Crippen LogP contribution in [0, 0.1) is 11.3 Å². The zero-order chi connectivity index (χ0) is 14.4. The number of rotatable bonds is 5. The number of carbonyl (C=O) groups is 1. The highest BCUT2D eigenvalue weighted by atomic mass is 35.5. The first-order chi connectivity index (χ1) is 9.67. The first kappa shape index (κ1) is 14.8. The molecule has 1 aromatic heterocycles. The molecule has 2 aromatic rings. The number of thioether (sulfide) groups is 1. The summed E-state index contributed by atoms with van der Waals surface area (Å²) < 4.78 is 0.757. The van der Waals surface area contributed by atoms with Crippen LogP contribution >= 0.6 is 34.7 Å². The van der Waals surface area contributed by atoms with E-state index in [0.29, 0.717) is 10.2 Å². The average Bonchev–Trinajstić information content (AvgIpc) is 2.86. The predicted molar refractivity (Wildman–Crippen MR) is 79.8 cm³/mol. The summed E-state index contributed by atoms with van der Waals surface area (Å²) >= 11 is 8.63. The van der Waals surface area contributed by atoms with Crippen molar-refractivity contribution >= 4 is 45.7 Å². The van der Waals surface area contributed by atoms with E-state index in [1.54, 1.807) is 6.07 Å². The van der Waals surface area contributed by atoms with Crippen molar-refractivity contribution in [1.82, 2.24) is 10.2 Å². The van der Waals surface area contributed by atoms with Crippen molar-refractivity contribution in [3.8, 4) is 6.07 Å². The SMILES string of the molecule is N#CCC(=O)Nc1nnc(SCc2ccc(Cl)cc2)s1. The van der Waals surface area contributed by atoms with E-state index in [4.69, 9.17) is 16.9 Å². The lowest BCUT2D eigenvalue weighted by molar-refractivity contribution is -0.115. The van der Waals surface area contributed by atoms with Crippen molar-refractivity contribution in [2.24, 2.45) is 0 Å². The van der Waals surface area contributed by atoms with Crippen LogP contribution in [0.3, 0.4) is 0 Å². The van der Waals surface area contributed by atoms with Crippen LogP contribution in [-0.4, -0.2) is 16.1 Å². The highest BCUT2D eigenvalue weighted by Gasteiger charge is 2.08. The molecule has 20 heavy (non-hydrogen) atoms. The number of benzene rings is 1. The van der Waals surface area contributed by atoms with Crippen LogP contribution in [0.15, 0.2) is 28.6 Å². The summed E-state index contributed by atoms with van der Waals surface area (Å²) in [6.07, 6.45) is -0.188. The van der Waals surface area contributed by atoms with Crippen LogP contribution < -0.4 is 5.32 Å². The van der Waals surface area contributed by atoms with Gasteiger partial charge in [-0.15, -0.1) is 10.2 Å². The highest BCUT2D eigenvalue weighted by molar-refractivity contribution is 8.00. The molecule has 0 saturated carbocycles. The summed E-state index contributed by atoms with van der Waals surface area (Å²) in [6, 6.07) is 9.35. The van der Waals surface area contributed by atoms with Gasteiger partial charge in [0, 0.05) is 10.8 Å². The zero-order valence-corrected chi connectivity index (χ0v) is 12.6. The molecule has 102 valence electrons. The van der Waals surface area contributed by atoms with Crippen molar-refractivity contribution in [3.05, 3.63) is 34.9 Å². The van der Waals surface area contributed by atoms with Crippen LogP contribution in [0.5, 0.6) is 0 Å². The summed E-state index contributed by atoms with van der Waals surface area (Å²) in [7, 11) is 0. The van der Waals surface area contributed by atoms with Gasteiger partial charge in [0.1, 0.15) is 6.42 Å². The maximum Gasteiger partial charge on any atom is 0.240 e. The van der Waals surface area contributed by atoms with Gasteiger partial charge in [0.2, 0.25) is 11.0 Å². The molecule has 0 radical (unpaired) electrons. The number of nitrogens with zero attached hydrogens (tertiary/aromatic N) is 3. The van der Waals surface area contributed by atoms with Crippen molar-refractivity contribution in [3.63, 3.8) is 0 Å². The molecule has 1 heterocycles. The number of aromatic nitrogens is 2. The molecule has 0 bridgehead atoms. The third-order valence-corrected chi connectivity index (χ3v) is 4.46. The van der Waals surface area contributed by atoms with E-state index in [1.807, 2.05) is 24.3 Å². The second-order valence-corrected chi connectivity index (χ2v) is 6.31. The van der Waals surface area contributed by atoms with Crippen molar-refractivity contribution < 1.29 is 4.79 Å². The Morgan fingerprint density at radius 1 is 1.40 bits per heavy atom. The summed E-state index contributed by atoms with van der Waals surface area (Å²) in [5.41, 5.74) is 1.13. The molecule has 0 unspecified atom stereocenters. The van der Waals surface area contributed by atoms with Crippen molar-refractivity contribution in [1.29, 1.82) is 5.26 Å². The highest BCUT2D eigenvalue weighted by Crippen LogP contribution is 2.28. The lowest BCUT2D eigenvalue weighted by atomic mass is 10.2. The van der Waals surface area contributed by atoms with E-state index >= 15 is 0 Å². The molecular formula is C12H9ClN4OS2. The van der Waals surface area contributed by atoms with E-state index in [-0.39, 0.29) is 12.3 Å². The van der Waals surface area contributed by atoms with Gasteiger partial charge < -0.3 is 0 Å². The molecule has 0 atom stereocenters. The smallest absolute Gasteiger partial charge is 0.240 e. The Kier molecular flexibility index (Phi) is 5.35. The van der Waals surface area contributed by atoms with Gasteiger partial charge in [-0.2, -0.15) is 5.26 Å². The standard InChI is InChI=1S/C12H9ClN4OS2/c13-9-3-1-8(2-4-9)7-19-12-17-16-11(20-12)15-10(18)5-6-14/h1-4H,5,7H2,(H,15,16,18). The topological polar surface area (TPSA) is 78.7 Å². The first-order valence-corrected chi connectivity index (χ1v) is 7.73. The van der Waals surface area contributed by atoms with E-state index in [0.717, 1.165) is 15.7 Å². The number of anilines is 1. The summed E-state index contributed by atoms with van der Waals surface area (Å²) in [6.45, 7) is 0. The van der Waals surface area contributed by atoms with E-state index in [2.05, 4.69) is 15.5 Å². The minimum atomic E-state index is -0.377. The molecule has 1 N–H and O–H groups in total. The third kappa shape index (κ3) is 4.49. The molecule has 0 spiro atoms. The lowest BCUT2D eigenvalue weighted by Crippen LogP contribution is -2.09. The maximum absolute atomic E-state index is 11.2. The fourth-order valence-corrected chi connectivity index (χ4v) is 3.13. The average molecular weight is 325 g/mol. The number of carbonyl (C=O) groups excluding carboxylic acids is 1. The maximum atomic E-state index is 11.2. The first-order valence-electron chi connectivity index (χ1n) is 5.55. The molecule has 2 rings (SSSR count). The van der Waals surface area contributed by atoms with Gasteiger partial charge in [0.25, 0.3) is 0 Å². The Bertz CT molecular complexity index is 636. The fourth-order valence-electron chi connectivity index (χ4n) is 1.28. The summed E-state index contributed by atoms with van der Waals surface area (Å²) in [5, 5.41) is 19.8. The number of hydrogen-bond acceptors (Lipinski definition) is 6. The van der Waals surface area contributed by atoms with Gasteiger partial charge in [-0.1, -0.05) is 46.8 Å². The van der Waals surface area contributed by atoms with Crippen LogP contribution in [-0.2, 0) is 10.5 Å². The molecule has 1 aromatic carbocycles. The van der Waals surface area contributed by atoms with Crippen LogP contribution in [0.1, 0.15) is 12.0 Å². The van der Waals surface area contributed by atoms with Crippen LogP contribution in [0.25, 0.3) is 0 Å². The third-order valence-electron chi connectivity index (χ3n) is 2.17. The predicted octanol–water partition coefficient (Wildman–Crippen LogP) is 3.34. The number of hydrogen-bond donors (Lipinski definition) is 1. The minimum Gasteiger partial charge on any atom is -0.300 e. The second kappa shape index (κ2) is 7.24. The second-order valence-electron chi connectivity index (χ2n) is 3.67. The Morgan fingerprint density at radius 2 is 2.15 bits per heavy atom. The normalized spacial score (nSPS) is 10.0. The number of nitriles is 1. The Balaban J connectivity index is 1.88. The van der Waals surface area contributed by atoms with Gasteiger partial charge in [-0.05, 0) is 17.7 Å². The van der Waals surface area contributed by atoms with Gasteiger partial charge in [-0.25, -0.2) is 0 Å². The molecule has 0 aliphatic heterocycles. The molecule has 0 saturated heterocycles. The molecule has 0 aliphatic rings.